The van der Waals surface area contributed by atoms with Crippen molar-refractivity contribution in [1.82, 2.24) is 0 Å². The Morgan fingerprint density at radius 3 is 2.06 bits per heavy atom. The minimum atomic E-state index is -4.45. The van der Waals surface area contributed by atoms with E-state index in [9.17, 15) is 13.2 Å². The summed E-state index contributed by atoms with van der Waals surface area (Å²) in [6, 6.07) is 2.46. The minimum absolute atomic E-state index is 0. The van der Waals surface area contributed by atoms with Crippen LogP contribution in [0.5, 0.6) is 5.75 Å². The van der Waals surface area contributed by atoms with E-state index >= 15 is 0 Å². The number of hydrogen-bond acceptors (Lipinski definition) is 4. The van der Waals surface area contributed by atoms with Crippen molar-refractivity contribution >= 4 is 75.2 Å². The van der Waals surface area contributed by atoms with Crippen molar-refractivity contribution in [3.8, 4) is 5.75 Å². The Morgan fingerprint density at radius 2 is 1.69 bits per heavy atom. The van der Waals surface area contributed by atoms with E-state index < -0.39 is 32.3 Å². The van der Waals surface area contributed by atoms with E-state index in [1.165, 1.54) is 0 Å². The topological polar surface area (TPSA) is 112 Å². The van der Waals surface area contributed by atoms with Gasteiger partial charge in [-0.15, -0.1) is 0 Å². The fourth-order valence-electron chi connectivity index (χ4n) is 0.847. The maximum absolute atomic E-state index is 10.6. The van der Waals surface area contributed by atoms with E-state index in [0.29, 0.717) is 6.07 Å². The summed E-state index contributed by atoms with van der Waals surface area (Å²) in [5.41, 5.74) is -0.583. The Balaban J connectivity index is 0. The van der Waals surface area contributed by atoms with Gasteiger partial charge >= 0.3 is 65.1 Å². The zero-order chi connectivity index (χ0) is 10.9. The Morgan fingerprint density at radius 1 is 1.19 bits per heavy atom. The Kier molecular flexibility index (Phi) is 8.17. The van der Waals surface area contributed by atoms with Gasteiger partial charge in [0.25, 0.3) is 10.1 Å². The van der Waals surface area contributed by atoms with E-state index in [1.54, 1.807) is 0 Å². The van der Waals surface area contributed by atoms with Gasteiger partial charge in [0.05, 0.1) is 4.90 Å². The zero-order valence-corrected chi connectivity index (χ0v) is 7.52. The molecule has 0 heterocycles. The van der Waals surface area contributed by atoms with Gasteiger partial charge in [0, 0.05) is 0 Å². The summed E-state index contributed by atoms with van der Waals surface area (Å²) in [6.45, 7) is 0. The number of carboxylic acids is 1. The Hall–Kier alpha value is 0.400. The van der Waals surface area contributed by atoms with Crippen LogP contribution >= 0.6 is 0 Å². The van der Waals surface area contributed by atoms with Crippen LogP contribution in [0.2, 0.25) is 0 Å². The molecule has 0 bridgehead atoms. The molecule has 0 aliphatic rings. The fraction of sp³-hybridized carbons (Fsp3) is 0. The van der Waals surface area contributed by atoms with E-state index in [-0.39, 0.29) is 59.1 Å². The number of carbonyl (C=O) groups is 1. The molecule has 0 amide bonds. The number of phenols is 1. The van der Waals surface area contributed by atoms with E-state index in [2.05, 4.69) is 0 Å². The maximum atomic E-state index is 10.6. The number of carboxylic acid groups (broad SMARTS) is 1. The molecule has 80 valence electrons. The molecular weight excluding hydrogens is 258 g/mol. The second-order valence-electron chi connectivity index (χ2n) is 2.46. The predicted molar refractivity (Wildman–Crippen MR) is 59.2 cm³/mol. The van der Waals surface area contributed by atoms with Crippen molar-refractivity contribution in [3.05, 3.63) is 23.8 Å². The van der Waals surface area contributed by atoms with Crippen LogP contribution < -0.4 is 0 Å². The van der Waals surface area contributed by atoms with Crippen molar-refractivity contribution in [3.63, 3.8) is 0 Å². The molecule has 0 saturated carbocycles. The van der Waals surface area contributed by atoms with Crippen LogP contribution in [-0.2, 0) is 10.1 Å². The van der Waals surface area contributed by atoms with Crippen molar-refractivity contribution in [1.29, 1.82) is 0 Å². The van der Waals surface area contributed by atoms with Crippen molar-refractivity contribution in [2.45, 2.75) is 4.90 Å². The Labute approximate surface area is 136 Å². The molecule has 0 saturated heterocycles. The molecule has 3 N–H and O–H groups in total. The molecule has 1 rings (SSSR count). The van der Waals surface area contributed by atoms with Gasteiger partial charge in [0.2, 0.25) is 0 Å². The van der Waals surface area contributed by atoms with Crippen LogP contribution in [0.1, 0.15) is 10.4 Å². The first-order valence-electron chi connectivity index (χ1n) is 3.36. The van der Waals surface area contributed by atoms with Crippen LogP contribution in [-0.4, -0.2) is 88.3 Å². The summed E-state index contributed by atoms with van der Waals surface area (Å²) < 4.78 is 29.8. The van der Waals surface area contributed by atoms with Gasteiger partial charge in [0.15, 0.2) is 0 Å². The average Bonchev–Trinajstić information content (AvgIpc) is 2.02. The molecule has 0 spiro atoms. The number of aromatic hydroxyl groups is 1. The SMILES string of the molecule is O=C(O)c1cc(S(=O)(=O)O)ccc1O.[NaH].[NaH]. The number of benzene rings is 1. The van der Waals surface area contributed by atoms with Crippen LogP contribution in [0.15, 0.2) is 23.1 Å². The van der Waals surface area contributed by atoms with Gasteiger partial charge in [-0.05, 0) is 18.2 Å². The van der Waals surface area contributed by atoms with Crippen molar-refractivity contribution < 1.29 is 28.0 Å². The summed E-state index contributed by atoms with van der Waals surface area (Å²) in [7, 11) is -4.45. The molecule has 9 heteroatoms. The zero-order valence-electron chi connectivity index (χ0n) is 6.71. The van der Waals surface area contributed by atoms with Gasteiger partial charge in [-0.25, -0.2) is 4.79 Å². The first-order chi connectivity index (χ1) is 6.32. The third-order valence-corrected chi connectivity index (χ3v) is 2.35. The molecule has 0 aliphatic heterocycles. The molecule has 0 fully saturated rings. The molecule has 0 unspecified atom stereocenters. The summed E-state index contributed by atoms with van der Waals surface area (Å²) in [5, 5.41) is 17.5. The summed E-state index contributed by atoms with van der Waals surface area (Å²) >= 11 is 0. The molecule has 0 atom stereocenters. The summed E-state index contributed by atoms with van der Waals surface area (Å²) in [5.74, 6) is -2.04. The van der Waals surface area contributed by atoms with Gasteiger partial charge in [0.1, 0.15) is 11.3 Å². The molecule has 1 aromatic carbocycles. The third-order valence-electron chi connectivity index (χ3n) is 1.50. The van der Waals surface area contributed by atoms with Crippen LogP contribution in [0.4, 0.5) is 0 Å². The van der Waals surface area contributed by atoms with Crippen LogP contribution in [0, 0.1) is 0 Å². The van der Waals surface area contributed by atoms with Crippen LogP contribution in [0.25, 0.3) is 0 Å². The van der Waals surface area contributed by atoms with Gasteiger partial charge in [-0.1, -0.05) is 0 Å². The monoisotopic (exact) mass is 266 g/mol. The molecule has 0 radical (unpaired) electrons. The van der Waals surface area contributed by atoms with E-state index in [0.717, 1.165) is 12.1 Å². The molecule has 0 aliphatic carbocycles. The standard InChI is InChI=1S/C7H6O6S.2Na.2H/c8-6-2-1-4(14(11,12)13)3-5(6)7(9)10;;;;/h1-3,8H,(H,9,10)(H,11,12,13);;;;. The summed E-state index contributed by atoms with van der Waals surface area (Å²) in [6.07, 6.45) is 0. The average molecular weight is 266 g/mol. The first kappa shape index (κ1) is 18.8. The molecule has 16 heavy (non-hydrogen) atoms. The Bertz CT molecular complexity index is 484. The van der Waals surface area contributed by atoms with Gasteiger partial charge in [-0.3, -0.25) is 4.55 Å². The third kappa shape index (κ3) is 4.72. The van der Waals surface area contributed by atoms with Gasteiger partial charge in [-0.2, -0.15) is 8.42 Å². The number of aromatic carboxylic acids is 1. The van der Waals surface area contributed by atoms with E-state index in [4.69, 9.17) is 14.8 Å². The molecule has 0 aromatic heterocycles. The molecule has 1 aromatic rings. The number of hydrogen-bond donors (Lipinski definition) is 3. The molecular formula is C7H8Na2O6S. The van der Waals surface area contributed by atoms with Crippen molar-refractivity contribution in [2.24, 2.45) is 0 Å². The van der Waals surface area contributed by atoms with Crippen LogP contribution in [0.3, 0.4) is 0 Å². The first-order valence-corrected chi connectivity index (χ1v) is 4.80. The summed E-state index contributed by atoms with van der Waals surface area (Å²) in [4.78, 5) is 9.89. The second kappa shape index (κ2) is 6.97. The second-order valence-corrected chi connectivity index (χ2v) is 3.88. The van der Waals surface area contributed by atoms with E-state index in [1.807, 2.05) is 0 Å². The van der Waals surface area contributed by atoms with Gasteiger partial charge < -0.3 is 10.2 Å². The fourth-order valence-corrected chi connectivity index (χ4v) is 1.35. The van der Waals surface area contributed by atoms with Crippen molar-refractivity contribution in [2.75, 3.05) is 0 Å². The molecule has 6 nitrogen and oxygen atoms in total. The predicted octanol–water partition coefficient (Wildman–Crippen LogP) is -0.960. The quantitative estimate of drug-likeness (QED) is 0.469. The normalized spacial score (nSPS) is 9.81. The number of rotatable bonds is 2.